The molecule has 1 saturated heterocycles. The predicted molar refractivity (Wildman–Crippen MR) is 98.8 cm³/mol. The first-order valence-electron chi connectivity index (χ1n) is 8.95. The van der Waals surface area contributed by atoms with Gasteiger partial charge in [0, 0.05) is 18.7 Å². The molecule has 0 radical (unpaired) electrons. The number of hydrogen-bond donors (Lipinski definition) is 0. The van der Waals surface area contributed by atoms with Gasteiger partial charge in [-0.05, 0) is 43.0 Å². The van der Waals surface area contributed by atoms with Crippen molar-refractivity contribution in [3.05, 3.63) is 71.9 Å². The number of benzene rings is 2. The molecule has 0 spiro atoms. The smallest absolute Gasteiger partial charge is 0.253 e. The number of hydrogen-bond acceptors (Lipinski definition) is 4. The number of rotatable bonds is 3. The third-order valence-corrected chi connectivity index (χ3v) is 4.84. The van der Waals surface area contributed by atoms with E-state index >= 15 is 0 Å². The van der Waals surface area contributed by atoms with Crippen LogP contribution in [0.15, 0.2) is 59.1 Å². The van der Waals surface area contributed by atoms with Crippen molar-refractivity contribution in [1.82, 2.24) is 15.0 Å². The fourth-order valence-electron chi connectivity index (χ4n) is 3.46. The molecular weight excluding hydrogens is 326 g/mol. The molecule has 2 heterocycles. The molecule has 1 atom stereocenters. The van der Waals surface area contributed by atoms with Crippen LogP contribution in [0.2, 0.25) is 0 Å². The fraction of sp³-hybridized carbons (Fsp3) is 0.286. The minimum atomic E-state index is 0.0607. The van der Waals surface area contributed by atoms with E-state index in [-0.39, 0.29) is 11.8 Å². The van der Waals surface area contributed by atoms with E-state index in [0.717, 1.165) is 30.5 Å². The minimum absolute atomic E-state index is 0.0607. The Morgan fingerprint density at radius 2 is 1.81 bits per heavy atom. The second-order valence-electron chi connectivity index (χ2n) is 6.71. The van der Waals surface area contributed by atoms with Crippen LogP contribution >= 0.6 is 0 Å². The largest absolute Gasteiger partial charge is 0.339 e. The van der Waals surface area contributed by atoms with Gasteiger partial charge in [-0.25, -0.2) is 0 Å². The molecule has 1 aliphatic rings. The topological polar surface area (TPSA) is 59.2 Å². The summed E-state index contributed by atoms with van der Waals surface area (Å²) in [7, 11) is 0. The molecule has 1 aliphatic heterocycles. The van der Waals surface area contributed by atoms with Crippen LogP contribution in [0, 0.1) is 6.92 Å². The monoisotopic (exact) mass is 347 g/mol. The maximum atomic E-state index is 12.9. The Labute approximate surface area is 152 Å². The molecule has 0 N–H and O–H groups in total. The van der Waals surface area contributed by atoms with Gasteiger partial charge in [-0.2, -0.15) is 4.98 Å². The highest BCUT2D eigenvalue weighted by Gasteiger charge is 2.28. The summed E-state index contributed by atoms with van der Waals surface area (Å²) in [4.78, 5) is 19.1. The molecule has 0 bridgehead atoms. The van der Waals surface area contributed by atoms with Gasteiger partial charge in [0.25, 0.3) is 5.91 Å². The Bertz CT molecular complexity index is 887. The average molecular weight is 347 g/mol. The zero-order valence-electron chi connectivity index (χ0n) is 14.8. The second kappa shape index (κ2) is 7.12. The van der Waals surface area contributed by atoms with E-state index in [2.05, 4.69) is 22.3 Å². The number of amides is 1. The number of piperidine rings is 1. The van der Waals surface area contributed by atoms with Crippen molar-refractivity contribution in [2.75, 3.05) is 13.1 Å². The van der Waals surface area contributed by atoms with E-state index in [1.807, 2.05) is 54.3 Å². The Hall–Kier alpha value is -2.95. The summed E-state index contributed by atoms with van der Waals surface area (Å²) in [6, 6.07) is 18.0. The van der Waals surface area contributed by atoms with E-state index in [1.54, 1.807) is 0 Å². The zero-order chi connectivity index (χ0) is 17.9. The van der Waals surface area contributed by atoms with Crippen LogP contribution in [0.5, 0.6) is 0 Å². The van der Waals surface area contributed by atoms with Crippen molar-refractivity contribution in [1.29, 1.82) is 0 Å². The quantitative estimate of drug-likeness (QED) is 0.717. The second-order valence-corrected chi connectivity index (χ2v) is 6.71. The lowest BCUT2D eigenvalue weighted by atomic mass is 9.97. The van der Waals surface area contributed by atoms with Gasteiger partial charge < -0.3 is 9.42 Å². The first kappa shape index (κ1) is 16.5. The molecule has 3 aromatic rings. The number of likely N-dealkylation sites (tertiary alicyclic amines) is 1. The molecule has 1 fully saturated rings. The summed E-state index contributed by atoms with van der Waals surface area (Å²) in [5, 5.41) is 3.87. The van der Waals surface area contributed by atoms with Crippen molar-refractivity contribution in [2.45, 2.75) is 25.7 Å². The van der Waals surface area contributed by atoms with Gasteiger partial charge in [0.05, 0.1) is 5.92 Å². The van der Waals surface area contributed by atoms with Crippen LogP contribution in [-0.4, -0.2) is 34.0 Å². The molecular formula is C21H21N3O2. The van der Waals surface area contributed by atoms with E-state index in [0.29, 0.717) is 23.8 Å². The van der Waals surface area contributed by atoms with Gasteiger partial charge in [-0.15, -0.1) is 0 Å². The molecule has 0 unspecified atom stereocenters. The molecule has 132 valence electrons. The van der Waals surface area contributed by atoms with Crippen molar-refractivity contribution in [2.24, 2.45) is 0 Å². The van der Waals surface area contributed by atoms with Gasteiger partial charge >= 0.3 is 0 Å². The lowest BCUT2D eigenvalue weighted by Gasteiger charge is -2.31. The van der Waals surface area contributed by atoms with Crippen LogP contribution < -0.4 is 0 Å². The van der Waals surface area contributed by atoms with Crippen molar-refractivity contribution in [3.63, 3.8) is 0 Å². The van der Waals surface area contributed by atoms with Crippen molar-refractivity contribution in [3.8, 4) is 11.1 Å². The van der Waals surface area contributed by atoms with Crippen LogP contribution in [0.4, 0.5) is 0 Å². The Morgan fingerprint density at radius 1 is 1.08 bits per heavy atom. The maximum Gasteiger partial charge on any atom is 0.253 e. The summed E-state index contributed by atoms with van der Waals surface area (Å²) in [6.07, 6.45) is 1.91. The Kier molecular flexibility index (Phi) is 4.52. The number of aromatic nitrogens is 2. The van der Waals surface area contributed by atoms with Crippen molar-refractivity contribution < 1.29 is 9.32 Å². The maximum absolute atomic E-state index is 12.9. The standard InChI is InChI=1S/C21H21N3O2/c1-15-22-20(26-23-15)19-8-5-13-24(14-19)21(25)18-11-9-17(10-12-18)16-6-3-2-4-7-16/h2-4,6-7,9-12,19H,5,8,13-14H2,1H3/t19-/m1/s1. The van der Waals surface area contributed by atoms with Crippen LogP contribution in [0.1, 0.15) is 40.8 Å². The molecule has 1 aromatic heterocycles. The molecule has 2 aromatic carbocycles. The van der Waals surface area contributed by atoms with E-state index in [1.165, 1.54) is 0 Å². The van der Waals surface area contributed by atoms with E-state index in [9.17, 15) is 4.79 Å². The third kappa shape index (κ3) is 3.38. The van der Waals surface area contributed by atoms with Crippen LogP contribution in [-0.2, 0) is 0 Å². The lowest BCUT2D eigenvalue weighted by molar-refractivity contribution is 0.0695. The minimum Gasteiger partial charge on any atom is -0.339 e. The van der Waals surface area contributed by atoms with E-state index in [4.69, 9.17) is 4.52 Å². The molecule has 0 aliphatic carbocycles. The first-order chi connectivity index (χ1) is 12.7. The van der Waals surface area contributed by atoms with Gasteiger partial charge in [-0.3, -0.25) is 4.79 Å². The summed E-state index contributed by atoms with van der Waals surface area (Å²) < 4.78 is 5.30. The highest BCUT2D eigenvalue weighted by Crippen LogP contribution is 2.27. The van der Waals surface area contributed by atoms with Crippen molar-refractivity contribution >= 4 is 5.91 Å². The molecule has 4 rings (SSSR count). The summed E-state index contributed by atoms with van der Waals surface area (Å²) in [6.45, 7) is 3.21. The normalized spacial score (nSPS) is 17.3. The number of carbonyl (C=O) groups is 1. The third-order valence-electron chi connectivity index (χ3n) is 4.84. The molecule has 0 saturated carbocycles. The lowest BCUT2D eigenvalue weighted by Crippen LogP contribution is -2.39. The van der Waals surface area contributed by atoms with Gasteiger partial charge in [0.2, 0.25) is 5.89 Å². The number of carbonyl (C=O) groups excluding carboxylic acids is 1. The highest BCUT2D eigenvalue weighted by molar-refractivity contribution is 5.94. The number of aryl methyl sites for hydroxylation is 1. The molecule has 5 heteroatoms. The Balaban J connectivity index is 1.48. The molecule has 5 nitrogen and oxygen atoms in total. The summed E-state index contributed by atoms with van der Waals surface area (Å²) >= 11 is 0. The van der Waals surface area contributed by atoms with Gasteiger partial charge in [-0.1, -0.05) is 47.6 Å². The van der Waals surface area contributed by atoms with Crippen LogP contribution in [0.25, 0.3) is 11.1 Å². The first-order valence-corrected chi connectivity index (χ1v) is 8.95. The fourth-order valence-corrected chi connectivity index (χ4v) is 3.46. The highest BCUT2D eigenvalue weighted by atomic mass is 16.5. The van der Waals surface area contributed by atoms with E-state index < -0.39 is 0 Å². The van der Waals surface area contributed by atoms with Gasteiger partial charge in [0.15, 0.2) is 5.82 Å². The predicted octanol–water partition coefficient (Wildman–Crippen LogP) is 4.06. The zero-order valence-corrected chi connectivity index (χ0v) is 14.8. The molecule has 26 heavy (non-hydrogen) atoms. The van der Waals surface area contributed by atoms with Crippen LogP contribution in [0.3, 0.4) is 0 Å². The van der Waals surface area contributed by atoms with Gasteiger partial charge in [0.1, 0.15) is 0 Å². The molecule has 1 amide bonds. The summed E-state index contributed by atoms with van der Waals surface area (Å²) in [5.74, 6) is 1.46. The summed E-state index contributed by atoms with van der Waals surface area (Å²) in [5.41, 5.74) is 2.98. The average Bonchev–Trinajstić information content (AvgIpc) is 3.15. The number of nitrogens with zero attached hydrogens (tertiary/aromatic N) is 3. The SMILES string of the molecule is Cc1noc([C@@H]2CCCN(C(=O)c3ccc(-c4ccccc4)cc3)C2)n1. The Morgan fingerprint density at radius 3 is 2.50 bits per heavy atom.